The molecule has 0 aromatic carbocycles. The molecule has 1 aliphatic heterocycles. The van der Waals surface area contributed by atoms with Gasteiger partial charge in [0, 0.05) is 26.2 Å². The van der Waals surface area contributed by atoms with E-state index in [9.17, 15) is 8.42 Å². The summed E-state index contributed by atoms with van der Waals surface area (Å²) in [5.41, 5.74) is 0. The first-order valence-electron chi connectivity index (χ1n) is 7.90. The number of hydrogen-bond acceptors (Lipinski definition) is 7. The van der Waals surface area contributed by atoms with Gasteiger partial charge in [-0.3, -0.25) is 4.90 Å². The second kappa shape index (κ2) is 6.91. The van der Waals surface area contributed by atoms with Gasteiger partial charge in [-0.2, -0.15) is 0 Å². The van der Waals surface area contributed by atoms with Crippen molar-refractivity contribution in [2.75, 3.05) is 26.4 Å². The highest BCUT2D eigenvalue weighted by Gasteiger charge is 2.30. The Morgan fingerprint density at radius 1 is 1.38 bits per heavy atom. The molecule has 7 nitrogen and oxygen atoms in total. The van der Waals surface area contributed by atoms with Crippen molar-refractivity contribution < 1.29 is 12.8 Å². The minimum Gasteiger partial charge on any atom is -0.418 e. The molecule has 3 heterocycles. The quantitative estimate of drug-likeness (QED) is 0.803. The molecule has 1 atom stereocenters. The van der Waals surface area contributed by atoms with Gasteiger partial charge in [0.15, 0.2) is 0 Å². The van der Waals surface area contributed by atoms with Gasteiger partial charge in [0.1, 0.15) is 0 Å². The summed E-state index contributed by atoms with van der Waals surface area (Å²) in [6.07, 6.45) is 2.87. The second-order valence-electron chi connectivity index (χ2n) is 6.15. The predicted octanol–water partition coefficient (Wildman–Crippen LogP) is 2.21. The third kappa shape index (κ3) is 3.69. The molecule has 0 amide bonds. The van der Waals surface area contributed by atoms with E-state index in [4.69, 9.17) is 4.42 Å². The van der Waals surface area contributed by atoms with Crippen molar-refractivity contribution in [3.05, 3.63) is 23.4 Å². The number of thiophene rings is 1. The average molecular weight is 371 g/mol. The van der Waals surface area contributed by atoms with Gasteiger partial charge in [-0.05, 0) is 31.2 Å². The minimum atomic E-state index is -3.14. The summed E-state index contributed by atoms with van der Waals surface area (Å²) >= 11 is 1.57. The Kier molecular flexibility index (Phi) is 5.05. The maximum absolute atomic E-state index is 11.7. The summed E-state index contributed by atoms with van der Waals surface area (Å²) in [5.74, 6) is 1.16. The molecule has 9 heteroatoms. The number of nitrogens with zero attached hydrogens (tertiary/aromatic N) is 4. The summed E-state index contributed by atoms with van der Waals surface area (Å²) < 4.78 is 30.6. The molecular weight excluding hydrogens is 348 g/mol. The lowest BCUT2D eigenvalue weighted by Crippen LogP contribution is -2.45. The smallest absolute Gasteiger partial charge is 0.257 e. The van der Waals surface area contributed by atoms with Crippen molar-refractivity contribution >= 4 is 21.4 Å². The average Bonchev–Trinajstić information content (AvgIpc) is 3.23. The van der Waals surface area contributed by atoms with Crippen molar-refractivity contribution in [2.24, 2.45) is 0 Å². The van der Waals surface area contributed by atoms with E-state index >= 15 is 0 Å². The fraction of sp³-hybridized carbons (Fsp3) is 0.600. The zero-order valence-electron chi connectivity index (χ0n) is 14.0. The zero-order valence-corrected chi connectivity index (χ0v) is 15.7. The largest absolute Gasteiger partial charge is 0.418 e. The van der Waals surface area contributed by atoms with Gasteiger partial charge in [0.2, 0.25) is 15.9 Å². The molecule has 3 rings (SSSR count). The first kappa shape index (κ1) is 17.5. The molecule has 24 heavy (non-hydrogen) atoms. The highest BCUT2D eigenvalue weighted by molar-refractivity contribution is 7.88. The molecule has 0 N–H and O–H groups in total. The summed E-state index contributed by atoms with van der Waals surface area (Å²) in [4.78, 5) is 3.23. The molecule has 1 fully saturated rings. The topological polar surface area (TPSA) is 79.5 Å². The van der Waals surface area contributed by atoms with E-state index in [2.05, 4.69) is 15.1 Å². The van der Waals surface area contributed by atoms with Crippen molar-refractivity contribution in [3.63, 3.8) is 0 Å². The van der Waals surface area contributed by atoms with Crippen molar-refractivity contribution in [1.82, 2.24) is 19.4 Å². The Bertz CT molecular complexity index is 765. The number of hydrogen-bond donors (Lipinski definition) is 0. The normalized spacial score (nSPS) is 19.0. The lowest BCUT2D eigenvalue weighted by Gasteiger charge is -2.37. The van der Waals surface area contributed by atoms with Crippen LogP contribution in [0.3, 0.4) is 0 Å². The molecule has 0 radical (unpaired) electrons. The molecule has 0 aliphatic carbocycles. The van der Waals surface area contributed by atoms with Crippen LogP contribution in [0.2, 0.25) is 0 Å². The fourth-order valence-electron chi connectivity index (χ4n) is 2.97. The number of sulfonamides is 1. The molecule has 2 aromatic heterocycles. The van der Waals surface area contributed by atoms with E-state index in [-0.39, 0.29) is 12.1 Å². The van der Waals surface area contributed by atoms with E-state index in [1.54, 1.807) is 18.4 Å². The maximum Gasteiger partial charge on any atom is 0.257 e. The van der Waals surface area contributed by atoms with Crippen LogP contribution in [0.25, 0.3) is 10.8 Å². The summed E-state index contributed by atoms with van der Waals surface area (Å²) in [6.45, 7) is 3.66. The van der Waals surface area contributed by atoms with E-state index in [1.165, 1.54) is 10.6 Å². The SMILES string of the molecule is CC(c1nnc(-c2cccs2)o1)N1CCC(N(C)S(C)(=O)=O)CC1. The summed E-state index contributed by atoms with van der Waals surface area (Å²) in [5, 5.41) is 10.3. The molecule has 0 bridgehead atoms. The van der Waals surface area contributed by atoms with Gasteiger partial charge < -0.3 is 4.42 Å². The number of rotatable bonds is 5. The Balaban J connectivity index is 1.62. The van der Waals surface area contributed by atoms with Gasteiger partial charge >= 0.3 is 0 Å². The van der Waals surface area contributed by atoms with Gasteiger partial charge in [0.25, 0.3) is 5.89 Å². The molecule has 132 valence electrons. The highest BCUT2D eigenvalue weighted by atomic mass is 32.2. The Hall–Kier alpha value is -1.29. The number of piperidine rings is 1. The minimum absolute atomic E-state index is 0.0238. The molecule has 1 unspecified atom stereocenters. The van der Waals surface area contributed by atoms with Crippen molar-refractivity contribution in [3.8, 4) is 10.8 Å². The molecule has 2 aromatic rings. The first-order chi connectivity index (χ1) is 11.4. The van der Waals surface area contributed by atoms with Gasteiger partial charge in [-0.15, -0.1) is 21.5 Å². The molecule has 0 spiro atoms. The van der Waals surface area contributed by atoms with Crippen LogP contribution in [-0.4, -0.2) is 60.3 Å². The first-order valence-corrected chi connectivity index (χ1v) is 10.6. The molecule has 0 saturated carbocycles. The van der Waals surface area contributed by atoms with Gasteiger partial charge in [-0.1, -0.05) is 6.07 Å². The third-order valence-electron chi connectivity index (χ3n) is 4.61. The van der Waals surface area contributed by atoms with Crippen LogP contribution >= 0.6 is 11.3 Å². The van der Waals surface area contributed by atoms with Crippen LogP contribution in [0.1, 0.15) is 31.7 Å². The van der Waals surface area contributed by atoms with E-state index in [0.29, 0.717) is 11.8 Å². The molecule has 1 aliphatic rings. The highest BCUT2D eigenvalue weighted by Crippen LogP contribution is 2.29. The monoisotopic (exact) mass is 370 g/mol. The Morgan fingerprint density at radius 3 is 2.67 bits per heavy atom. The van der Waals surface area contributed by atoms with Gasteiger partial charge in [0.05, 0.1) is 17.2 Å². The van der Waals surface area contributed by atoms with Crippen LogP contribution in [0.4, 0.5) is 0 Å². The second-order valence-corrected chi connectivity index (χ2v) is 9.13. The summed E-state index contributed by atoms with van der Waals surface area (Å²) in [6, 6.07) is 4.00. The molecular formula is C15H22N4O3S2. The van der Waals surface area contributed by atoms with E-state index in [1.807, 2.05) is 24.4 Å². The fourth-order valence-corrected chi connectivity index (χ4v) is 4.36. The van der Waals surface area contributed by atoms with E-state index < -0.39 is 10.0 Å². The predicted molar refractivity (Wildman–Crippen MR) is 93.2 cm³/mol. The van der Waals surface area contributed by atoms with Crippen LogP contribution in [0.15, 0.2) is 21.9 Å². The Morgan fingerprint density at radius 2 is 2.08 bits per heavy atom. The Labute approximate surface area is 146 Å². The van der Waals surface area contributed by atoms with Gasteiger partial charge in [-0.25, -0.2) is 12.7 Å². The van der Waals surface area contributed by atoms with Crippen LogP contribution in [0.5, 0.6) is 0 Å². The standard InChI is InChI=1S/C15H22N4O3S2/c1-11(14-16-17-15(22-14)13-5-4-10-23-13)19-8-6-12(7-9-19)18(2)24(3,20)21/h4-5,10-12H,6-9H2,1-3H3. The van der Waals surface area contributed by atoms with Crippen molar-refractivity contribution in [2.45, 2.75) is 31.8 Å². The summed E-state index contributed by atoms with van der Waals surface area (Å²) in [7, 11) is -1.48. The van der Waals surface area contributed by atoms with Crippen LogP contribution in [0, 0.1) is 0 Å². The van der Waals surface area contributed by atoms with Crippen LogP contribution < -0.4 is 0 Å². The zero-order chi connectivity index (χ0) is 17.3. The lowest BCUT2D eigenvalue weighted by atomic mass is 10.0. The number of likely N-dealkylation sites (tertiary alicyclic amines) is 1. The van der Waals surface area contributed by atoms with Crippen LogP contribution in [-0.2, 0) is 10.0 Å². The van der Waals surface area contributed by atoms with Crippen molar-refractivity contribution in [1.29, 1.82) is 0 Å². The maximum atomic E-state index is 11.7. The van der Waals surface area contributed by atoms with E-state index in [0.717, 1.165) is 30.8 Å². The third-order valence-corrected chi connectivity index (χ3v) is 6.82. The lowest BCUT2D eigenvalue weighted by molar-refractivity contribution is 0.119. The number of aromatic nitrogens is 2. The molecule has 1 saturated heterocycles.